The third kappa shape index (κ3) is 2.72. The summed E-state index contributed by atoms with van der Waals surface area (Å²) in [6, 6.07) is 5.67. The fourth-order valence-electron chi connectivity index (χ4n) is 2.39. The molecule has 2 aromatic rings. The van der Waals surface area contributed by atoms with E-state index in [-0.39, 0.29) is 17.4 Å². The van der Waals surface area contributed by atoms with Crippen molar-refractivity contribution >= 4 is 5.91 Å². The molecule has 0 aliphatic rings. The standard InChI is InChI=1S/C16H17FN2O2/c1-9(2)19-8-13(16(18)21)15(20)14(10(19)3)11-4-6-12(17)7-5-11/h4-9H,1-3H3,(H2,18,21). The lowest BCUT2D eigenvalue weighted by atomic mass is 10.0. The molecule has 5 heteroatoms. The Kier molecular flexibility index (Phi) is 3.93. The van der Waals surface area contributed by atoms with Gasteiger partial charge in [0.1, 0.15) is 11.4 Å². The van der Waals surface area contributed by atoms with Crippen molar-refractivity contribution in [3.63, 3.8) is 0 Å². The van der Waals surface area contributed by atoms with Crippen LogP contribution in [0.3, 0.4) is 0 Å². The number of pyridine rings is 1. The van der Waals surface area contributed by atoms with Crippen LogP contribution in [0.2, 0.25) is 0 Å². The van der Waals surface area contributed by atoms with Crippen LogP contribution in [0.5, 0.6) is 0 Å². The van der Waals surface area contributed by atoms with E-state index in [0.29, 0.717) is 16.8 Å². The van der Waals surface area contributed by atoms with Crippen molar-refractivity contribution in [2.45, 2.75) is 26.8 Å². The second-order valence-electron chi connectivity index (χ2n) is 5.20. The third-order valence-corrected chi connectivity index (χ3v) is 3.44. The minimum Gasteiger partial charge on any atom is -0.365 e. The predicted octanol–water partition coefficient (Wildman–Crippen LogP) is 2.64. The number of hydrogen-bond donors (Lipinski definition) is 1. The molecule has 1 amide bonds. The van der Waals surface area contributed by atoms with E-state index in [4.69, 9.17) is 5.73 Å². The highest BCUT2D eigenvalue weighted by atomic mass is 19.1. The lowest BCUT2D eigenvalue weighted by molar-refractivity contribution is 0.0998. The molecule has 0 aliphatic heterocycles. The van der Waals surface area contributed by atoms with Crippen molar-refractivity contribution in [2.24, 2.45) is 5.73 Å². The molecule has 0 spiro atoms. The Labute approximate surface area is 122 Å². The zero-order valence-electron chi connectivity index (χ0n) is 12.2. The van der Waals surface area contributed by atoms with Crippen molar-refractivity contribution < 1.29 is 9.18 Å². The highest BCUT2D eigenvalue weighted by Gasteiger charge is 2.18. The van der Waals surface area contributed by atoms with E-state index in [1.807, 2.05) is 18.4 Å². The maximum absolute atomic E-state index is 13.1. The molecule has 1 aromatic carbocycles. The molecular weight excluding hydrogens is 271 g/mol. The van der Waals surface area contributed by atoms with E-state index in [1.54, 1.807) is 6.92 Å². The Hall–Kier alpha value is -2.43. The minimum absolute atomic E-state index is 0.0582. The van der Waals surface area contributed by atoms with E-state index in [1.165, 1.54) is 30.5 Å². The first-order chi connectivity index (χ1) is 9.82. The van der Waals surface area contributed by atoms with E-state index in [9.17, 15) is 14.0 Å². The monoisotopic (exact) mass is 288 g/mol. The molecule has 0 unspecified atom stereocenters. The van der Waals surface area contributed by atoms with Gasteiger partial charge >= 0.3 is 0 Å². The summed E-state index contributed by atoms with van der Waals surface area (Å²) in [7, 11) is 0. The van der Waals surface area contributed by atoms with Crippen molar-refractivity contribution in [2.75, 3.05) is 0 Å². The smallest absolute Gasteiger partial charge is 0.254 e. The molecule has 0 saturated carbocycles. The van der Waals surface area contributed by atoms with Gasteiger partial charge in [-0.15, -0.1) is 0 Å². The summed E-state index contributed by atoms with van der Waals surface area (Å²) >= 11 is 0. The SMILES string of the molecule is Cc1c(-c2ccc(F)cc2)c(=O)c(C(N)=O)cn1C(C)C. The Balaban J connectivity index is 2.83. The lowest BCUT2D eigenvalue weighted by Crippen LogP contribution is -2.27. The maximum atomic E-state index is 13.1. The van der Waals surface area contributed by atoms with E-state index >= 15 is 0 Å². The van der Waals surface area contributed by atoms with Crippen molar-refractivity contribution in [1.29, 1.82) is 0 Å². The summed E-state index contributed by atoms with van der Waals surface area (Å²) in [4.78, 5) is 24.0. The van der Waals surface area contributed by atoms with E-state index in [2.05, 4.69) is 0 Å². The lowest BCUT2D eigenvalue weighted by Gasteiger charge is -2.19. The van der Waals surface area contributed by atoms with Crippen LogP contribution >= 0.6 is 0 Å². The number of halogens is 1. The van der Waals surface area contributed by atoms with Gasteiger partial charge in [0.25, 0.3) is 5.91 Å². The van der Waals surface area contributed by atoms with Crippen LogP contribution in [0.1, 0.15) is 35.9 Å². The largest absolute Gasteiger partial charge is 0.365 e. The van der Waals surface area contributed by atoms with Gasteiger partial charge in [-0.05, 0) is 38.5 Å². The number of nitrogens with zero attached hydrogens (tertiary/aromatic N) is 1. The molecule has 0 aliphatic carbocycles. The van der Waals surface area contributed by atoms with Gasteiger partial charge in [0.05, 0.1) is 0 Å². The second-order valence-corrected chi connectivity index (χ2v) is 5.20. The Morgan fingerprint density at radius 1 is 1.24 bits per heavy atom. The number of carbonyl (C=O) groups excluding carboxylic acids is 1. The van der Waals surface area contributed by atoms with Gasteiger partial charge in [0, 0.05) is 23.5 Å². The van der Waals surface area contributed by atoms with Gasteiger partial charge in [-0.1, -0.05) is 12.1 Å². The van der Waals surface area contributed by atoms with Gasteiger partial charge < -0.3 is 10.3 Å². The summed E-state index contributed by atoms with van der Waals surface area (Å²) in [5, 5.41) is 0. The molecule has 0 fully saturated rings. The fourth-order valence-corrected chi connectivity index (χ4v) is 2.39. The third-order valence-electron chi connectivity index (χ3n) is 3.44. The molecule has 0 radical (unpaired) electrons. The zero-order valence-corrected chi connectivity index (χ0v) is 12.2. The van der Waals surface area contributed by atoms with Crippen molar-refractivity contribution in [1.82, 2.24) is 4.57 Å². The van der Waals surface area contributed by atoms with Gasteiger partial charge in [0.15, 0.2) is 0 Å². The topological polar surface area (TPSA) is 65.1 Å². The average molecular weight is 288 g/mol. The first-order valence-electron chi connectivity index (χ1n) is 6.64. The first-order valence-corrected chi connectivity index (χ1v) is 6.64. The number of carbonyl (C=O) groups is 1. The summed E-state index contributed by atoms with van der Waals surface area (Å²) in [6.45, 7) is 5.68. The summed E-state index contributed by atoms with van der Waals surface area (Å²) in [5.41, 5.74) is 6.46. The Morgan fingerprint density at radius 3 is 2.29 bits per heavy atom. The summed E-state index contributed by atoms with van der Waals surface area (Å²) < 4.78 is 14.9. The van der Waals surface area contributed by atoms with Crippen LogP contribution in [0.4, 0.5) is 4.39 Å². The Morgan fingerprint density at radius 2 is 1.81 bits per heavy atom. The second kappa shape index (κ2) is 5.52. The zero-order chi connectivity index (χ0) is 15.7. The van der Waals surface area contributed by atoms with E-state index < -0.39 is 11.3 Å². The number of amides is 1. The predicted molar refractivity (Wildman–Crippen MR) is 79.7 cm³/mol. The molecule has 21 heavy (non-hydrogen) atoms. The number of aromatic nitrogens is 1. The normalized spacial score (nSPS) is 10.9. The van der Waals surface area contributed by atoms with Crippen molar-refractivity contribution in [3.05, 3.63) is 57.8 Å². The minimum atomic E-state index is -0.766. The molecule has 0 saturated heterocycles. The molecule has 0 bridgehead atoms. The molecule has 2 rings (SSSR count). The van der Waals surface area contributed by atoms with Crippen LogP contribution in [0.15, 0.2) is 35.3 Å². The molecular formula is C16H17FN2O2. The van der Waals surface area contributed by atoms with Crippen LogP contribution in [-0.4, -0.2) is 10.5 Å². The number of primary amides is 1. The van der Waals surface area contributed by atoms with Gasteiger partial charge in [-0.25, -0.2) is 4.39 Å². The molecule has 1 aromatic heterocycles. The molecule has 0 atom stereocenters. The number of benzene rings is 1. The molecule has 1 heterocycles. The summed E-state index contributed by atoms with van der Waals surface area (Å²) in [6.07, 6.45) is 1.48. The van der Waals surface area contributed by atoms with Gasteiger partial charge in [0.2, 0.25) is 5.43 Å². The number of nitrogens with two attached hydrogens (primary N) is 1. The number of rotatable bonds is 3. The molecule has 110 valence electrons. The Bertz CT molecular complexity index is 746. The van der Waals surface area contributed by atoms with Crippen LogP contribution < -0.4 is 11.2 Å². The van der Waals surface area contributed by atoms with Crippen LogP contribution in [-0.2, 0) is 0 Å². The van der Waals surface area contributed by atoms with Gasteiger partial charge in [-0.3, -0.25) is 9.59 Å². The van der Waals surface area contributed by atoms with E-state index in [0.717, 1.165) is 0 Å². The average Bonchev–Trinajstić information content (AvgIpc) is 2.40. The fraction of sp³-hybridized carbons (Fsp3) is 0.250. The van der Waals surface area contributed by atoms with Gasteiger partial charge in [-0.2, -0.15) is 0 Å². The maximum Gasteiger partial charge on any atom is 0.254 e. The number of hydrogen-bond acceptors (Lipinski definition) is 2. The quantitative estimate of drug-likeness (QED) is 0.943. The summed E-state index contributed by atoms with van der Waals surface area (Å²) in [5.74, 6) is -1.15. The first kappa shape index (κ1) is 15.0. The van der Waals surface area contributed by atoms with Crippen molar-refractivity contribution in [3.8, 4) is 11.1 Å². The highest BCUT2D eigenvalue weighted by Crippen LogP contribution is 2.23. The van der Waals surface area contributed by atoms with Crippen LogP contribution in [0.25, 0.3) is 11.1 Å². The highest BCUT2D eigenvalue weighted by molar-refractivity contribution is 5.93. The molecule has 2 N–H and O–H groups in total. The van der Waals surface area contributed by atoms with Crippen LogP contribution in [0, 0.1) is 12.7 Å². The molecule has 4 nitrogen and oxygen atoms in total.